The standard InChI is InChI=1S/C17H31NO2S/c1-3-9-18-14(6-5-10-21(19,20)4-2)17-15-12-7-8-13(11-12)16(15)17/h12-18H,3-11H2,1-2H3. The van der Waals surface area contributed by atoms with Gasteiger partial charge in [-0.3, -0.25) is 0 Å². The van der Waals surface area contributed by atoms with Crippen LogP contribution in [0.2, 0.25) is 0 Å². The lowest BCUT2D eigenvalue weighted by molar-refractivity contribution is 0.347. The van der Waals surface area contributed by atoms with Crippen LogP contribution in [0.15, 0.2) is 0 Å². The minimum Gasteiger partial charge on any atom is -0.314 e. The van der Waals surface area contributed by atoms with Crippen molar-refractivity contribution in [2.24, 2.45) is 29.6 Å². The molecule has 1 N–H and O–H groups in total. The Morgan fingerprint density at radius 2 is 1.81 bits per heavy atom. The van der Waals surface area contributed by atoms with E-state index in [1.54, 1.807) is 6.92 Å². The predicted molar refractivity (Wildman–Crippen MR) is 86.9 cm³/mol. The van der Waals surface area contributed by atoms with Crippen LogP contribution in [0.4, 0.5) is 0 Å². The molecule has 21 heavy (non-hydrogen) atoms. The van der Waals surface area contributed by atoms with Gasteiger partial charge in [-0.25, -0.2) is 8.42 Å². The highest BCUT2D eigenvalue weighted by molar-refractivity contribution is 7.91. The molecule has 3 saturated carbocycles. The summed E-state index contributed by atoms with van der Waals surface area (Å²) in [4.78, 5) is 0. The molecule has 122 valence electrons. The molecule has 0 radical (unpaired) electrons. The van der Waals surface area contributed by atoms with E-state index in [0.29, 0.717) is 17.5 Å². The fraction of sp³-hybridized carbons (Fsp3) is 1.00. The quantitative estimate of drug-likeness (QED) is 0.712. The minimum atomic E-state index is -2.80. The summed E-state index contributed by atoms with van der Waals surface area (Å²) in [7, 11) is -2.80. The third-order valence-corrected chi connectivity index (χ3v) is 8.12. The normalized spacial score (nSPS) is 38.5. The Hall–Kier alpha value is -0.0900. The molecule has 4 heteroatoms. The van der Waals surface area contributed by atoms with E-state index in [1.807, 2.05) is 0 Å². The number of nitrogens with one attached hydrogen (secondary N) is 1. The summed E-state index contributed by atoms with van der Waals surface area (Å²) in [6.07, 6.45) is 7.48. The maximum atomic E-state index is 11.7. The van der Waals surface area contributed by atoms with Crippen molar-refractivity contribution in [3.05, 3.63) is 0 Å². The highest BCUT2D eigenvalue weighted by atomic mass is 32.2. The summed E-state index contributed by atoms with van der Waals surface area (Å²) >= 11 is 0. The molecule has 0 aromatic heterocycles. The summed E-state index contributed by atoms with van der Waals surface area (Å²) in [6, 6.07) is 0.579. The number of hydrogen-bond acceptors (Lipinski definition) is 3. The van der Waals surface area contributed by atoms with Crippen molar-refractivity contribution >= 4 is 9.84 Å². The van der Waals surface area contributed by atoms with E-state index in [9.17, 15) is 8.42 Å². The zero-order valence-corrected chi connectivity index (χ0v) is 14.4. The molecule has 2 bridgehead atoms. The van der Waals surface area contributed by atoms with E-state index in [0.717, 1.165) is 49.0 Å². The molecule has 3 fully saturated rings. The molecule has 0 saturated heterocycles. The average molecular weight is 314 g/mol. The Balaban J connectivity index is 1.53. The van der Waals surface area contributed by atoms with Gasteiger partial charge < -0.3 is 5.32 Å². The van der Waals surface area contributed by atoms with Crippen molar-refractivity contribution in [2.45, 2.75) is 58.4 Å². The summed E-state index contributed by atoms with van der Waals surface area (Å²) in [5.74, 6) is 5.53. The monoisotopic (exact) mass is 313 g/mol. The summed E-state index contributed by atoms with van der Waals surface area (Å²) in [6.45, 7) is 5.05. The first kappa shape index (κ1) is 15.8. The van der Waals surface area contributed by atoms with Crippen LogP contribution in [-0.4, -0.2) is 32.5 Å². The smallest absolute Gasteiger partial charge is 0.150 e. The molecule has 5 unspecified atom stereocenters. The summed E-state index contributed by atoms with van der Waals surface area (Å²) in [5, 5.41) is 3.74. The third-order valence-electron chi connectivity index (χ3n) is 6.33. The maximum Gasteiger partial charge on any atom is 0.150 e. The molecule has 0 spiro atoms. The summed E-state index contributed by atoms with van der Waals surface area (Å²) in [5.41, 5.74) is 0. The van der Waals surface area contributed by atoms with E-state index in [1.165, 1.54) is 25.7 Å². The second-order valence-electron chi connectivity index (χ2n) is 7.50. The van der Waals surface area contributed by atoms with Gasteiger partial charge in [-0.15, -0.1) is 0 Å². The van der Waals surface area contributed by atoms with Crippen molar-refractivity contribution < 1.29 is 8.42 Å². The van der Waals surface area contributed by atoms with Crippen molar-refractivity contribution in [1.29, 1.82) is 0 Å². The fourth-order valence-corrected chi connectivity index (χ4v) is 6.25. The first-order chi connectivity index (χ1) is 10.1. The third kappa shape index (κ3) is 3.17. The molecule has 3 rings (SSSR count). The van der Waals surface area contributed by atoms with Crippen molar-refractivity contribution in [1.82, 2.24) is 5.32 Å². The fourth-order valence-electron chi connectivity index (χ4n) is 5.36. The van der Waals surface area contributed by atoms with Crippen molar-refractivity contribution in [2.75, 3.05) is 18.1 Å². The molecule has 0 aliphatic heterocycles. The highest BCUT2D eigenvalue weighted by Crippen LogP contribution is 2.70. The van der Waals surface area contributed by atoms with Crippen LogP contribution in [0.5, 0.6) is 0 Å². The van der Waals surface area contributed by atoms with E-state index in [4.69, 9.17) is 0 Å². The van der Waals surface area contributed by atoms with Crippen LogP contribution in [0.1, 0.15) is 52.4 Å². The molecule has 0 aromatic carbocycles. The Morgan fingerprint density at radius 3 is 2.38 bits per heavy atom. The lowest BCUT2D eigenvalue weighted by atomic mass is 9.95. The molecule has 0 amide bonds. The molecule has 3 aliphatic carbocycles. The van der Waals surface area contributed by atoms with Crippen molar-refractivity contribution in [3.63, 3.8) is 0 Å². The molecule has 3 nitrogen and oxygen atoms in total. The van der Waals surface area contributed by atoms with E-state index < -0.39 is 9.84 Å². The van der Waals surface area contributed by atoms with Crippen LogP contribution < -0.4 is 5.32 Å². The Kier molecular flexibility index (Phi) is 4.66. The lowest BCUT2D eigenvalue weighted by Crippen LogP contribution is -2.34. The molecule has 0 heterocycles. The second-order valence-corrected chi connectivity index (χ2v) is 9.98. The van der Waals surface area contributed by atoms with Gasteiger partial charge in [-0.1, -0.05) is 13.8 Å². The highest BCUT2D eigenvalue weighted by Gasteiger charge is 2.66. The van der Waals surface area contributed by atoms with Crippen LogP contribution in [-0.2, 0) is 9.84 Å². The SMILES string of the molecule is CCCNC(CCCS(=O)(=O)CC)C1C2C3CCC(C3)C21. The lowest BCUT2D eigenvalue weighted by Gasteiger charge is -2.22. The molecular weight excluding hydrogens is 282 g/mol. The predicted octanol–water partition coefficient (Wildman–Crippen LogP) is 2.86. The van der Waals surface area contributed by atoms with Gasteiger partial charge >= 0.3 is 0 Å². The zero-order chi connectivity index (χ0) is 15.0. The van der Waals surface area contributed by atoms with Crippen LogP contribution in [0.25, 0.3) is 0 Å². The Labute approximate surface area is 130 Å². The van der Waals surface area contributed by atoms with Crippen LogP contribution >= 0.6 is 0 Å². The van der Waals surface area contributed by atoms with E-state index >= 15 is 0 Å². The number of fused-ring (bicyclic) bond motifs is 5. The van der Waals surface area contributed by atoms with Gasteiger partial charge in [0.1, 0.15) is 9.84 Å². The van der Waals surface area contributed by atoms with Crippen LogP contribution in [0, 0.1) is 29.6 Å². The van der Waals surface area contributed by atoms with E-state index in [2.05, 4.69) is 12.2 Å². The van der Waals surface area contributed by atoms with Gasteiger partial charge in [0, 0.05) is 11.8 Å². The minimum absolute atomic E-state index is 0.291. The number of sulfone groups is 1. The van der Waals surface area contributed by atoms with Crippen molar-refractivity contribution in [3.8, 4) is 0 Å². The zero-order valence-electron chi connectivity index (χ0n) is 13.6. The van der Waals surface area contributed by atoms with Gasteiger partial charge in [-0.2, -0.15) is 0 Å². The summed E-state index contributed by atoms with van der Waals surface area (Å²) < 4.78 is 23.3. The van der Waals surface area contributed by atoms with E-state index in [-0.39, 0.29) is 0 Å². The molecule has 3 aliphatic rings. The second kappa shape index (κ2) is 6.19. The van der Waals surface area contributed by atoms with Gasteiger partial charge in [0.05, 0.1) is 5.75 Å². The maximum absolute atomic E-state index is 11.7. The first-order valence-corrected chi connectivity index (χ1v) is 10.8. The van der Waals surface area contributed by atoms with Crippen LogP contribution in [0.3, 0.4) is 0 Å². The van der Waals surface area contributed by atoms with Gasteiger partial charge in [0.15, 0.2) is 0 Å². The first-order valence-electron chi connectivity index (χ1n) is 9.01. The molecule has 0 aromatic rings. The van der Waals surface area contributed by atoms with Gasteiger partial charge in [-0.05, 0) is 74.7 Å². The average Bonchev–Trinajstić information content (AvgIpc) is 2.89. The Bertz CT molecular complexity index is 445. The topological polar surface area (TPSA) is 46.2 Å². The molecular formula is C17H31NO2S. The number of rotatable bonds is 9. The molecule has 5 atom stereocenters. The van der Waals surface area contributed by atoms with Gasteiger partial charge in [0.2, 0.25) is 0 Å². The Morgan fingerprint density at radius 1 is 1.14 bits per heavy atom. The largest absolute Gasteiger partial charge is 0.314 e. The van der Waals surface area contributed by atoms with Gasteiger partial charge in [0.25, 0.3) is 0 Å². The number of hydrogen-bond donors (Lipinski definition) is 1.